The van der Waals surface area contributed by atoms with Gasteiger partial charge in [0.05, 0.1) is 16.6 Å². The molecule has 1 N–H and O–H groups in total. The highest BCUT2D eigenvalue weighted by Gasteiger charge is 2.20. The smallest absolute Gasteiger partial charge is 0.237 e. The van der Waals surface area contributed by atoms with Gasteiger partial charge in [-0.3, -0.25) is 4.79 Å². The second-order valence-electron chi connectivity index (χ2n) is 6.09. The lowest BCUT2D eigenvalue weighted by Gasteiger charge is -2.12. The summed E-state index contributed by atoms with van der Waals surface area (Å²) in [6.45, 7) is 5.58. The van der Waals surface area contributed by atoms with Crippen molar-refractivity contribution in [2.24, 2.45) is 0 Å². The first-order valence-electron chi connectivity index (χ1n) is 8.13. The molecular formula is C18H17F2N5OS. The molecule has 2 aromatic carbocycles. The minimum absolute atomic E-state index is 0.207. The van der Waals surface area contributed by atoms with Crippen LogP contribution in [-0.2, 0) is 4.79 Å². The molecule has 0 bridgehead atoms. The van der Waals surface area contributed by atoms with E-state index in [-0.39, 0.29) is 5.69 Å². The number of tetrazole rings is 1. The van der Waals surface area contributed by atoms with Crippen molar-refractivity contribution in [3.05, 3.63) is 59.2 Å². The molecule has 3 aromatic rings. The van der Waals surface area contributed by atoms with Gasteiger partial charge in [0.15, 0.2) is 0 Å². The number of nitrogens with zero attached hydrogens (tertiary/aromatic N) is 4. The number of hydrogen-bond acceptors (Lipinski definition) is 5. The molecule has 0 saturated heterocycles. The maximum absolute atomic E-state index is 13.7. The van der Waals surface area contributed by atoms with E-state index in [1.54, 1.807) is 6.92 Å². The lowest BCUT2D eigenvalue weighted by Crippen LogP contribution is -2.23. The average Bonchev–Trinajstić information content (AvgIpc) is 3.05. The Morgan fingerprint density at radius 2 is 1.85 bits per heavy atom. The summed E-state index contributed by atoms with van der Waals surface area (Å²) in [6, 6.07) is 8.78. The van der Waals surface area contributed by atoms with Crippen LogP contribution in [-0.4, -0.2) is 31.4 Å². The molecule has 1 amide bonds. The number of anilines is 1. The van der Waals surface area contributed by atoms with Gasteiger partial charge in [-0.2, -0.15) is 4.68 Å². The summed E-state index contributed by atoms with van der Waals surface area (Å²) in [5, 5.41) is 13.8. The van der Waals surface area contributed by atoms with Crippen LogP contribution in [0.25, 0.3) is 5.69 Å². The number of aromatic nitrogens is 4. The van der Waals surface area contributed by atoms with Gasteiger partial charge in [0, 0.05) is 6.07 Å². The Labute approximate surface area is 159 Å². The number of thioether (sulfide) groups is 1. The largest absolute Gasteiger partial charge is 0.323 e. The molecule has 0 aliphatic heterocycles. The molecule has 0 aliphatic rings. The van der Waals surface area contributed by atoms with Crippen molar-refractivity contribution >= 4 is 23.4 Å². The van der Waals surface area contributed by atoms with Crippen molar-refractivity contribution in [1.82, 2.24) is 20.2 Å². The number of benzene rings is 2. The van der Waals surface area contributed by atoms with E-state index in [4.69, 9.17) is 0 Å². The van der Waals surface area contributed by atoms with Gasteiger partial charge in [0.2, 0.25) is 11.1 Å². The van der Waals surface area contributed by atoms with Crippen LogP contribution in [0.4, 0.5) is 14.5 Å². The van der Waals surface area contributed by atoms with Gasteiger partial charge in [-0.25, -0.2) is 8.78 Å². The van der Waals surface area contributed by atoms with Crippen molar-refractivity contribution in [2.45, 2.75) is 31.2 Å². The Balaban J connectivity index is 1.77. The zero-order valence-corrected chi connectivity index (χ0v) is 15.7. The number of rotatable bonds is 5. The van der Waals surface area contributed by atoms with Gasteiger partial charge in [-0.1, -0.05) is 17.8 Å². The summed E-state index contributed by atoms with van der Waals surface area (Å²) in [4.78, 5) is 12.4. The average molecular weight is 389 g/mol. The Bertz CT molecular complexity index is 971. The third kappa shape index (κ3) is 4.48. The molecule has 0 radical (unpaired) electrons. The van der Waals surface area contributed by atoms with Crippen LogP contribution in [0, 0.1) is 25.5 Å². The molecule has 1 heterocycles. The van der Waals surface area contributed by atoms with Crippen LogP contribution in [0.3, 0.4) is 0 Å². The van der Waals surface area contributed by atoms with Crippen molar-refractivity contribution in [1.29, 1.82) is 0 Å². The fraction of sp³-hybridized carbons (Fsp3) is 0.222. The Morgan fingerprint density at radius 1 is 1.15 bits per heavy atom. The van der Waals surface area contributed by atoms with E-state index in [1.807, 2.05) is 32.0 Å². The minimum Gasteiger partial charge on any atom is -0.323 e. The number of halogens is 2. The topological polar surface area (TPSA) is 72.7 Å². The third-order valence-corrected chi connectivity index (χ3v) is 4.76. The number of carbonyl (C=O) groups is 1. The SMILES string of the molecule is Cc1cc(C)cc(-n2nnnc2S[C@@H](C)C(=O)Nc2cc(F)ccc2F)c1. The first-order chi connectivity index (χ1) is 12.8. The van der Waals surface area contributed by atoms with E-state index in [0.29, 0.717) is 5.16 Å². The molecule has 140 valence electrons. The first-order valence-corrected chi connectivity index (χ1v) is 9.01. The van der Waals surface area contributed by atoms with Crippen LogP contribution in [0.5, 0.6) is 0 Å². The van der Waals surface area contributed by atoms with Crippen LogP contribution in [0.2, 0.25) is 0 Å². The summed E-state index contributed by atoms with van der Waals surface area (Å²) in [6.07, 6.45) is 0. The summed E-state index contributed by atoms with van der Waals surface area (Å²) < 4.78 is 28.5. The Morgan fingerprint density at radius 3 is 2.56 bits per heavy atom. The lowest BCUT2D eigenvalue weighted by molar-refractivity contribution is -0.115. The van der Waals surface area contributed by atoms with E-state index in [0.717, 1.165) is 46.8 Å². The van der Waals surface area contributed by atoms with Crippen molar-refractivity contribution in [3.63, 3.8) is 0 Å². The Hall–Kier alpha value is -2.81. The molecule has 9 heteroatoms. The highest BCUT2D eigenvalue weighted by atomic mass is 32.2. The Kier molecular flexibility index (Phi) is 5.50. The standard InChI is InChI=1S/C18H17F2N5OS/c1-10-6-11(2)8-14(7-10)25-18(22-23-24-25)27-12(3)17(26)21-16-9-13(19)4-5-15(16)20/h4-9,12H,1-3H3,(H,21,26)/t12-/m0/s1. The second-order valence-corrected chi connectivity index (χ2v) is 7.40. The van der Waals surface area contributed by atoms with E-state index in [9.17, 15) is 13.6 Å². The van der Waals surface area contributed by atoms with Crippen molar-refractivity contribution < 1.29 is 13.6 Å². The van der Waals surface area contributed by atoms with E-state index >= 15 is 0 Å². The van der Waals surface area contributed by atoms with Gasteiger partial charge in [0.25, 0.3) is 0 Å². The van der Waals surface area contributed by atoms with Gasteiger partial charge in [-0.05, 0) is 66.6 Å². The highest BCUT2D eigenvalue weighted by molar-refractivity contribution is 8.00. The quantitative estimate of drug-likeness (QED) is 0.674. The number of carbonyl (C=O) groups excluding carboxylic acids is 1. The normalized spacial score (nSPS) is 12.0. The van der Waals surface area contributed by atoms with Gasteiger partial charge >= 0.3 is 0 Å². The molecule has 0 unspecified atom stereocenters. The van der Waals surface area contributed by atoms with Crippen molar-refractivity contribution in [3.8, 4) is 5.69 Å². The third-order valence-electron chi connectivity index (χ3n) is 3.73. The summed E-state index contributed by atoms with van der Waals surface area (Å²) in [5.74, 6) is -1.83. The second kappa shape index (κ2) is 7.83. The number of nitrogens with one attached hydrogen (secondary N) is 1. The summed E-state index contributed by atoms with van der Waals surface area (Å²) in [7, 11) is 0. The number of aryl methyl sites for hydroxylation is 2. The molecule has 0 spiro atoms. The predicted octanol–water partition coefficient (Wildman–Crippen LogP) is 3.68. The van der Waals surface area contributed by atoms with Crippen LogP contribution in [0.15, 0.2) is 41.6 Å². The van der Waals surface area contributed by atoms with Gasteiger partial charge in [-0.15, -0.1) is 5.10 Å². The van der Waals surface area contributed by atoms with Crippen molar-refractivity contribution in [2.75, 3.05) is 5.32 Å². The molecule has 27 heavy (non-hydrogen) atoms. The van der Waals surface area contributed by atoms with E-state index < -0.39 is 22.8 Å². The highest BCUT2D eigenvalue weighted by Crippen LogP contribution is 2.25. The van der Waals surface area contributed by atoms with Gasteiger partial charge < -0.3 is 5.32 Å². The van der Waals surface area contributed by atoms with E-state index in [2.05, 4.69) is 20.8 Å². The number of amides is 1. The molecule has 0 saturated carbocycles. The van der Waals surface area contributed by atoms with Gasteiger partial charge in [0.1, 0.15) is 11.6 Å². The first kappa shape index (κ1) is 19.0. The fourth-order valence-corrected chi connectivity index (χ4v) is 3.33. The summed E-state index contributed by atoms with van der Waals surface area (Å²) in [5.41, 5.74) is 2.69. The molecule has 1 aromatic heterocycles. The molecule has 6 nitrogen and oxygen atoms in total. The fourth-order valence-electron chi connectivity index (χ4n) is 2.53. The lowest BCUT2D eigenvalue weighted by atomic mass is 10.1. The zero-order valence-electron chi connectivity index (χ0n) is 14.9. The predicted molar refractivity (Wildman–Crippen MR) is 98.9 cm³/mol. The number of hydrogen-bond donors (Lipinski definition) is 1. The minimum atomic E-state index is -0.706. The molecule has 1 atom stereocenters. The maximum Gasteiger partial charge on any atom is 0.237 e. The van der Waals surface area contributed by atoms with Crippen LogP contribution in [0.1, 0.15) is 18.1 Å². The summed E-state index contributed by atoms with van der Waals surface area (Å²) >= 11 is 1.12. The van der Waals surface area contributed by atoms with Crippen LogP contribution >= 0.6 is 11.8 Å². The molecule has 3 rings (SSSR count). The zero-order chi connectivity index (χ0) is 19.6. The molecular weight excluding hydrogens is 372 g/mol. The molecule has 0 fully saturated rings. The maximum atomic E-state index is 13.7. The molecule has 0 aliphatic carbocycles. The van der Waals surface area contributed by atoms with E-state index in [1.165, 1.54) is 4.68 Å². The monoisotopic (exact) mass is 389 g/mol. The van der Waals surface area contributed by atoms with Crippen LogP contribution < -0.4 is 5.32 Å².